The molecule has 0 fully saturated rings. The molecule has 0 aliphatic rings. The smallest absolute Gasteiger partial charge is 0.347 e. The number of halogens is 6. The van der Waals surface area contributed by atoms with Crippen molar-refractivity contribution >= 4 is 28.5 Å². The van der Waals surface area contributed by atoms with Crippen molar-refractivity contribution in [3.63, 3.8) is 0 Å². The highest BCUT2D eigenvalue weighted by molar-refractivity contribution is 6.29. The Bertz CT molecular complexity index is 1230. The third kappa shape index (κ3) is 5.19. The minimum Gasteiger partial charge on any atom is -0.347 e. The molecule has 13 heteroatoms. The Morgan fingerprint density at radius 2 is 2.03 bits per heavy atom. The lowest BCUT2D eigenvalue weighted by Crippen LogP contribution is -2.41. The minimum atomic E-state index is -4.90. The van der Waals surface area contributed by atoms with Crippen molar-refractivity contribution in [1.82, 2.24) is 19.9 Å². The van der Waals surface area contributed by atoms with Crippen LogP contribution >= 0.6 is 11.6 Å². The van der Waals surface area contributed by atoms with E-state index in [1.165, 1.54) is 19.1 Å². The van der Waals surface area contributed by atoms with Gasteiger partial charge in [-0.1, -0.05) is 18.5 Å². The number of rotatable bonds is 6. The van der Waals surface area contributed by atoms with Crippen molar-refractivity contribution < 1.29 is 31.5 Å². The van der Waals surface area contributed by atoms with Crippen molar-refractivity contribution in [2.24, 2.45) is 0 Å². The molecule has 32 heavy (non-hydrogen) atoms. The van der Waals surface area contributed by atoms with E-state index in [1.807, 2.05) is 0 Å². The lowest BCUT2D eigenvalue weighted by molar-refractivity contribution is -0.326. The monoisotopic (exact) mass is 476 g/mol. The lowest BCUT2D eigenvalue weighted by atomic mass is 10.1. The van der Waals surface area contributed by atoms with Crippen LogP contribution in [0.1, 0.15) is 23.7 Å². The number of carbonyl (C=O) groups excluding carboxylic acids is 1. The van der Waals surface area contributed by atoms with E-state index in [1.54, 1.807) is 0 Å². The first-order chi connectivity index (χ1) is 15.0. The van der Waals surface area contributed by atoms with Crippen LogP contribution in [0.2, 0.25) is 5.15 Å². The van der Waals surface area contributed by atoms with Crippen LogP contribution in [0.3, 0.4) is 0 Å². The number of fused-ring (bicyclic) bond motifs is 1. The summed E-state index contributed by atoms with van der Waals surface area (Å²) >= 11 is 5.87. The van der Waals surface area contributed by atoms with Crippen LogP contribution in [-0.4, -0.2) is 39.5 Å². The van der Waals surface area contributed by atoms with Gasteiger partial charge in [0.05, 0.1) is 24.2 Å². The number of hydrogen-bond donors (Lipinski definition) is 1. The number of nitrogens with one attached hydrogen (secondary N) is 1. The van der Waals surface area contributed by atoms with Crippen LogP contribution in [-0.2, 0) is 4.74 Å². The molecule has 0 radical (unpaired) electrons. The molecule has 3 heterocycles. The molecule has 0 saturated carbocycles. The van der Waals surface area contributed by atoms with E-state index in [9.17, 15) is 31.5 Å². The van der Waals surface area contributed by atoms with Crippen LogP contribution in [0, 0.1) is 11.6 Å². The van der Waals surface area contributed by atoms with E-state index >= 15 is 0 Å². The molecule has 1 N–H and O–H groups in total. The summed E-state index contributed by atoms with van der Waals surface area (Å²) < 4.78 is 69.3. The molecule has 0 spiro atoms. The molecule has 3 rings (SSSR count). The fraction of sp³-hybridized carbons (Fsp3) is 0.263. The minimum absolute atomic E-state index is 0.0549. The van der Waals surface area contributed by atoms with Gasteiger partial charge in [0.15, 0.2) is 17.3 Å². The van der Waals surface area contributed by atoms with Gasteiger partial charge in [0.1, 0.15) is 16.5 Å². The van der Waals surface area contributed by atoms with Crippen molar-refractivity contribution in [2.45, 2.75) is 25.7 Å². The molecule has 7 nitrogen and oxygen atoms in total. The molecule has 0 aromatic carbocycles. The largest absolute Gasteiger partial charge is 0.522 e. The zero-order valence-corrected chi connectivity index (χ0v) is 17.0. The topological polar surface area (TPSA) is 86.1 Å². The highest BCUT2D eigenvalue weighted by Crippen LogP contribution is 2.20. The summed E-state index contributed by atoms with van der Waals surface area (Å²) in [6.45, 7) is 0.631. The van der Waals surface area contributed by atoms with E-state index in [0.29, 0.717) is 12.3 Å². The van der Waals surface area contributed by atoms with Crippen LogP contribution in [0.5, 0.6) is 0 Å². The molecule has 1 unspecified atom stereocenters. The quantitative estimate of drug-likeness (QED) is 0.432. The maximum atomic E-state index is 14.4. The summed E-state index contributed by atoms with van der Waals surface area (Å²) in [5.41, 5.74) is -1.52. The molecular weight excluding hydrogens is 463 g/mol. The Morgan fingerprint density at radius 3 is 2.66 bits per heavy atom. The third-order valence-electron chi connectivity index (χ3n) is 4.35. The summed E-state index contributed by atoms with van der Waals surface area (Å²) in [5.74, 6) is -3.59. The summed E-state index contributed by atoms with van der Waals surface area (Å²) in [4.78, 5) is 33.2. The van der Waals surface area contributed by atoms with Gasteiger partial charge in [-0.3, -0.25) is 18.9 Å². The first-order valence-corrected chi connectivity index (χ1v) is 9.42. The molecular formula is C19H14ClF5N4O3. The molecule has 0 saturated heterocycles. The zero-order chi connectivity index (χ0) is 23.6. The van der Waals surface area contributed by atoms with Gasteiger partial charge >= 0.3 is 6.36 Å². The van der Waals surface area contributed by atoms with Gasteiger partial charge in [-0.15, -0.1) is 13.2 Å². The second-order valence-electron chi connectivity index (χ2n) is 6.54. The number of amides is 1. The number of aromatic nitrogens is 3. The standard InChI is InChI=1S/C19H14ClF5N4O3/c1-2-10(8-32-19(23,24)25)27-18(31)12-7-29(17-13(22)5-9(21)6-26-17)16-11(15(12)30)3-4-14(20)28-16/h3-7,10H,2,8H2,1H3,(H,27,31). The van der Waals surface area contributed by atoms with Crippen LogP contribution in [0.4, 0.5) is 22.0 Å². The summed E-state index contributed by atoms with van der Waals surface area (Å²) in [6, 6.07) is 1.97. The Morgan fingerprint density at radius 1 is 1.31 bits per heavy atom. The average Bonchev–Trinajstić information content (AvgIpc) is 2.71. The molecule has 1 amide bonds. The maximum Gasteiger partial charge on any atom is 0.522 e. The van der Waals surface area contributed by atoms with Gasteiger partial charge < -0.3 is 5.32 Å². The fourth-order valence-electron chi connectivity index (χ4n) is 2.81. The van der Waals surface area contributed by atoms with Gasteiger partial charge in [0.2, 0.25) is 5.43 Å². The van der Waals surface area contributed by atoms with Crippen LogP contribution in [0.25, 0.3) is 16.9 Å². The number of carbonyl (C=O) groups is 1. The second kappa shape index (κ2) is 9.17. The molecule has 1 atom stereocenters. The Kier molecular flexibility index (Phi) is 6.74. The number of nitrogens with zero attached hydrogens (tertiary/aromatic N) is 3. The maximum absolute atomic E-state index is 14.4. The van der Waals surface area contributed by atoms with Gasteiger partial charge in [-0.2, -0.15) is 0 Å². The number of hydrogen-bond acceptors (Lipinski definition) is 5. The first-order valence-electron chi connectivity index (χ1n) is 9.05. The third-order valence-corrected chi connectivity index (χ3v) is 4.56. The number of alkyl halides is 3. The summed E-state index contributed by atoms with van der Waals surface area (Å²) in [6.07, 6.45) is -3.21. The Hall–Kier alpha value is -3.12. The van der Waals surface area contributed by atoms with Gasteiger partial charge in [0.25, 0.3) is 5.91 Å². The Balaban J connectivity index is 2.10. The van der Waals surface area contributed by atoms with E-state index in [2.05, 4.69) is 20.0 Å². The molecule has 3 aromatic rings. The van der Waals surface area contributed by atoms with E-state index in [0.717, 1.165) is 10.8 Å². The summed E-state index contributed by atoms with van der Waals surface area (Å²) in [5, 5.41) is 2.08. The SMILES string of the molecule is CCC(COC(F)(F)F)NC(=O)c1cn(-c2ncc(F)cc2F)c2nc(Cl)ccc2c1=O. The van der Waals surface area contributed by atoms with E-state index in [-0.39, 0.29) is 22.6 Å². The van der Waals surface area contributed by atoms with Crippen molar-refractivity contribution in [3.05, 3.63) is 63.2 Å². The normalized spacial score (nSPS) is 12.7. The highest BCUT2D eigenvalue weighted by Gasteiger charge is 2.31. The number of ether oxygens (including phenoxy) is 1. The van der Waals surface area contributed by atoms with Gasteiger partial charge in [-0.25, -0.2) is 18.7 Å². The fourth-order valence-corrected chi connectivity index (χ4v) is 2.95. The lowest BCUT2D eigenvalue weighted by Gasteiger charge is -2.19. The molecule has 3 aromatic heterocycles. The van der Waals surface area contributed by atoms with Crippen LogP contribution in [0.15, 0.2) is 35.4 Å². The number of pyridine rings is 3. The van der Waals surface area contributed by atoms with Crippen LogP contribution < -0.4 is 10.7 Å². The highest BCUT2D eigenvalue weighted by atomic mass is 35.5. The van der Waals surface area contributed by atoms with Crippen molar-refractivity contribution in [2.75, 3.05) is 6.61 Å². The Labute approximate surface area is 181 Å². The predicted octanol–water partition coefficient (Wildman–Crippen LogP) is 3.76. The summed E-state index contributed by atoms with van der Waals surface area (Å²) in [7, 11) is 0. The zero-order valence-electron chi connectivity index (χ0n) is 16.2. The van der Waals surface area contributed by atoms with Crippen molar-refractivity contribution in [1.29, 1.82) is 0 Å². The van der Waals surface area contributed by atoms with E-state index in [4.69, 9.17) is 11.6 Å². The van der Waals surface area contributed by atoms with Gasteiger partial charge in [-0.05, 0) is 18.6 Å². The molecule has 0 aliphatic carbocycles. The van der Waals surface area contributed by atoms with E-state index < -0.39 is 53.4 Å². The first kappa shape index (κ1) is 23.5. The van der Waals surface area contributed by atoms with Crippen molar-refractivity contribution in [3.8, 4) is 5.82 Å². The average molecular weight is 477 g/mol. The molecule has 0 aliphatic heterocycles. The second-order valence-corrected chi connectivity index (χ2v) is 6.93. The molecule has 170 valence electrons. The van der Waals surface area contributed by atoms with Gasteiger partial charge in [0, 0.05) is 12.3 Å². The predicted molar refractivity (Wildman–Crippen MR) is 104 cm³/mol. The molecule has 0 bridgehead atoms.